The molecule has 0 bridgehead atoms. The van der Waals surface area contributed by atoms with Crippen molar-refractivity contribution >= 4 is 28.3 Å². The highest BCUT2D eigenvalue weighted by atomic mass is 16.5. The Labute approximate surface area is 97.7 Å². The lowest BCUT2D eigenvalue weighted by molar-refractivity contribution is -0.120. The van der Waals surface area contributed by atoms with Crippen molar-refractivity contribution < 1.29 is 9.53 Å². The van der Waals surface area contributed by atoms with E-state index in [4.69, 9.17) is 4.74 Å². The first-order valence-corrected chi connectivity index (χ1v) is 5.27. The molecule has 0 amide bonds. The Kier molecular flexibility index (Phi) is 2.22. The van der Waals surface area contributed by atoms with E-state index in [1.807, 2.05) is 42.5 Å². The maximum Gasteiger partial charge on any atom is 0.298 e. The lowest BCUT2D eigenvalue weighted by atomic mass is 10.1. The first-order chi connectivity index (χ1) is 8.38. The molecule has 3 heteroatoms. The lowest BCUT2D eigenvalue weighted by Crippen LogP contribution is -1.91. The average molecular weight is 223 g/mol. The number of para-hydroxylation sites is 1. The van der Waals surface area contributed by atoms with Crippen molar-refractivity contribution in [1.29, 1.82) is 0 Å². The molecule has 0 saturated carbocycles. The monoisotopic (exact) mass is 223 g/mol. The Hall–Kier alpha value is -2.42. The smallest absolute Gasteiger partial charge is 0.298 e. The van der Waals surface area contributed by atoms with Crippen molar-refractivity contribution in [2.75, 3.05) is 0 Å². The summed E-state index contributed by atoms with van der Waals surface area (Å²) in [5.74, 6) is 0.538. The second-order valence-electron chi connectivity index (χ2n) is 3.72. The first-order valence-electron chi connectivity index (χ1n) is 5.27. The van der Waals surface area contributed by atoms with Gasteiger partial charge in [-0.3, -0.25) is 4.79 Å². The van der Waals surface area contributed by atoms with E-state index in [1.54, 1.807) is 6.07 Å². The molecule has 0 aliphatic carbocycles. The third-order valence-electron chi connectivity index (χ3n) is 2.70. The number of hydrogen-bond donors (Lipinski definition) is 0. The van der Waals surface area contributed by atoms with Gasteiger partial charge in [-0.25, -0.2) is 4.98 Å². The number of nitrogens with zero attached hydrogens (tertiary/aromatic N) is 1. The standard InChI is InChI=1S/C14H9NO2/c16-9-17-14-7-3-6-13-11(14)8-10-4-1-2-5-12(10)15-13/h1-9H. The summed E-state index contributed by atoms with van der Waals surface area (Å²) < 4.78 is 4.95. The average Bonchev–Trinajstić information content (AvgIpc) is 2.37. The summed E-state index contributed by atoms with van der Waals surface area (Å²) in [6.07, 6.45) is 0. The van der Waals surface area contributed by atoms with Crippen LogP contribution in [-0.4, -0.2) is 11.5 Å². The number of fused-ring (bicyclic) bond motifs is 2. The predicted octanol–water partition coefficient (Wildman–Crippen LogP) is 2.92. The number of carbonyl (C=O) groups excluding carboxylic acids is 1. The molecule has 1 aromatic heterocycles. The summed E-state index contributed by atoms with van der Waals surface area (Å²) in [5, 5.41) is 1.88. The predicted molar refractivity (Wildman–Crippen MR) is 65.9 cm³/mol. The van der Waals surface area contributed by atoms with E-state index in [2.05, 4.69) is 4.98 Å². The quantitative estimate of drug-likeness (QED) is 0.495. The SMILES string of the molecule is O=COc1cccc2nc3ccccc3cc12. The van der Waals surface area contributed by atoms with Gasteiger partial charge in [0.2, 0.25) is 0 Å². The van der Waals surface area contributed by atoms with Gasteiger partial charge in [0.05, 0.1) is 11.0 Å². The summed E-state index contributed by atoms with van der Waals surface area (Å²) in [4.78, 5) is 15.0. The van der Waals surface area contributed by atoms with Gasteiger partial charge >= 0.3 is 0 Å². The Morgan fingerprint density at radius 3 is 2.71 bits per heavy atom. The van der Waals surface area contributed by atoms with E-state index in [0.29, 0.717) is 12.2 Å². The van der Waals surface area contributed by atoms with Crippen LogP contribution in [0.1, 0.15) is 0 Å². The van der Waals surface area contributed by atoms with Crippen LogP contribution < -0.4 is 4.74 Å². The zero-order valence-corrected chi connectivity index (χ0v) is 8.96. The molecule has 0 fully saturated rings. The van der Waals surface area contributed by atoms with Gasteiger partial charge in [-0.2, -0.15) is 0 Å². The van der Waals surface area contributed by atoms with Gasteiger partial charge in [-0.15, -0.1) is 0 Å². The lowest BCUT2D eigenvalue weighted by Gasteiger charge is -2.05. The fourth-order valence-electron chi connectivity index (χ4n) is 1.93. The number of pyridine rings is 1. The number of benzene rings is 2. The zero-order valence-electron chi connectivity index (χ0n) is 8.96. The van der Waals surface area contributed by atoms with Crippen LogP contribution in [0.4, 0.5) is 0 Å². The van der Waals surface area contributed by atoms with E-state index in [9.17, 15) is 4.79 Å². The fourth-order valence-corrected chi connectivity index (χ4v) is 1.93. The van der Waals surface area contributed by atoms with Crippen LogP contribution in [0.15, 0.2) is 48.5 Å². The summed E-state index contributed by atoms with van der Waals surface area (Å²) in [7, 11) is 0. The first kappa shape index (κ1) is 9.78. The van der Waals surface area contributed by atoms with E-state index in [-0.39, 0.29) is 0 Å². The van der Waals surface area contributed by atoms with Crippen molar-refractivity contribution in [3.05, 3.63) is 48.5 Å². The fraction of sp³-hybridized carbons (Fsp3) is 0. The van der Waals surface area contributed by atoms with Crippen LogP contribution >= 0.6 is 0 Å². The minimum Gasteiger partial charge on any atom is -0.428 e. The molecular formula is C14H9NO2. The molecule has 2 aromatic carbocycles. The number of ether oxygens (including phenoxy) is 1. The van der Waals surface area contributed by atoms with Gasteiger partial charge in [0.25, 0.3) is 6.47 Å². The van der Waals surface area contributed by atoms with E-state index >= 15 is 0 Å². The molecule has 3 rings (SSSR count). The van der Waals surface area contributed by atoms with Crippen molar-refractivity contribution in [3.8, 4) is 5.75 Å². The molecule has 1 heterocycles. The van der Waals surface area contributed by atoms with Gasteiger partial charge < -0.3 is 4.74 Å². The van der Waals surface area contributed by atoms with Crippen LogP contribution in [-0.2, 0) is 4.79 Å². The maximum absolute atomic E-state index is 10.4. The van der Waals surface area contributed by atoms with Crippen LogP contribution in [0, 0.1) is 0 Å². The molecule has 0 unspecified atom stereocenters. The van der Waals surface area contributed by atoms with Crippen molar-refractivity contribution in [2.45, 2.75) is 0 Å². The second-order valence-corrected chi connectivity index (χ2v) is 3.72. The van der Waals surface area contributed by atoms with Crippen molar-refractivity contribution in [3.63, 3.8) is 0 Å². The van der Waals surface area contributed by atoms with Gasteiger partial charge in [-0.05, 0) is 24.3 Å². The second kappa shape index (κ2) is 3.87. The molecule has 0 N–H and O–H groups in total. The van der Waals surface area contributed by atoms with Crippen LogP contribution in [0.25, 0.3) is 21.8 Å². The van der Waals surface area contributed by atoms with Crippen LogP contribution in [0.2, 0.25) is 0 Å². The molecular weight excluding hydrogens is 214 g/mol. The highest BCUT2D eigenvalue weighted by molar-refractivity contribution is 5.96. The summed E-state index contributed by atoms with van der Waals surface area (Å²) in [5.41, 5.74) is 1.76. The Morgan fingerprint density at radius 2 is 1.82 bits per heavy atom. The minimum atomic E-state index is 0.434. The highest BCUT2D eigenvalue weighted by Gasteiger charge is 2.04. The number of aromatic nitrogens is 1. The molecule has 3 aromatic rings. The van der Waals surface area contributed by atoms with Crippen molar-refractivity contribution in [1.82, 2.24) is 4.98 Å². The molecule has 17 heavy (non-hydrogen) atoms. The van der Waals surface area contributed by atoms with Gasteiger partial charge in [0.15, 0.2) is 0 Å². The topological polar surface area (TPSA) is 39.2 Å². The summed E-state index contributed by atoms with van der Waals surface area (Å²) >= 11 is 0. The Bertz CT molecular complexity index is 707. The Balaban J connectivity index is 2.39. The zero-order chi connectivity index (χ0) is 11.7. The highest BCUT2D eigenvalue weighted by Crippen LogP contribution is 2.27. The Morgan fingerprint density at radius 1 is 1.00 bits per heavy atom. The van der Waals surface area contributed by atoms with Crippen LogP contribution in [0.3, 0.4) is 0 Å². The molecule has 0 radical (unpaired) electrons. The molecule has 0 aliphatic heterocycles. The van der Waals surface area contributed by atoms with Crippen LogP contribution in [0.5, 0.6) is 5.75 Å². The van der Waals surface area contributed by atoms with E-state index in [1.165, 1.54) is 0 Å². The molecule has 0 atom stereocenters. The number of hydrogen-bond acceptors (Lipinski definition) is 3. The summed E-state index contributed by atoms with van der Waals surface area (Å²) in [6.45, 7) is 0.434. The summed E-state index contributed by atoms with van der Waals surface area (Å²) in [6, 6.07) is 15.3. The molecule has 0 aliphatic rings. The molecule has 0 saturated heterocycles. The third-order valence-corrected chi connectivity index (χ3v) is 2.70. The van der Waals surface area contributed by atoms with Gasteiger partial charge in [0, 0.05) is 10.8 Å². The molecule has 0 spiro atoms. The largest absolute Gasteiger partial charge is 0.428 e. The third kappa shape index (κ3) is 1.61. The van der Waals surface area contributed by atoms with Crippen molar-refractivity contribution in [2.24, 2.45) is 0 Å². The number of rotatable bonds is 2. The molecule has 3 nitrogen and oxygen atoms in total. The van der Waals surface area contributed by atoms with Gasteiger partial charge in [-0.1, -0.05) is 24.3 Å². The van der Waals surface area contributed by atoms with E-state index < -0.39 is 0 Å². The number of carbonyl (C=O) groups is 1. The normalized spacial score (nSPS) is 10.6. The minimum absolute atomic E-state index is 0.434. The van der Waals surface area contributed by atoms with E-state index in [0.717, 1.165) is 21.8 Å². The molecule has 82 valence electrons. The maximum atomic E-state index is 10.4. The van der Waals surface area contributed by atoms with Gasteiger partial charge in [0.1, 0.15) is 5.75 Å².